The number of thioether (sulfide) groups is 1. The van der Waals surface area contributed by atoms with Crippen LogP contribution in [0, 0.1) is 36.5 Å². The van der Waals surface area contributed by atoms with E-state index in [2.05, 4.69) is 10.3 Å². The van der Waals surface area contributed by atoms with Gasteiger partial charge >= 0.3 is 10.8 Å². The number of aromatic nitrogens is 1. The van der Waals surface area contributed by atoms with Gasteiger partial charge in [-0.1, -0.05) is 35.1 Å². The first-order valence-corrected chi connectivity index (χ1v) is 18.6. The third kappa shape index (κ3) is 5.63. The summed E-state index contributed by atoms with van der Waals surface area (Å²) in [6.45, 7) is 3.73. The molecule has 3 amide bonds. The van der Waals surface area contributed by atoms with Gasteiger partial charge in [-0.05, 0) is 92.1 Å². The van der Waals surface area contributed by atoms with E-state index in [1.54, 1.807) is 49.0 Å². The Kier molecular flexibility index (Phi) is 8.50. The van der Waals surface area contributed by atoms with E-state index >= 15 is 0 Å². The van der Waals surface area contributed by atoms with Crippen molar-refractivity contribution in [2.24, 2.45) is 29.6 Å². The number of benzene rings is 3. The molecule has 2 saturated carbocycles. The largest absolute Gasteiger partial charge is 0.493 e. The molecule has 8 rings (SSSR count). The van der Waals surface area contributed by atoms with Gasteiger partial charge in [0.25, 0.3) is 5.91 Å². The van der Waals surface area contributed by atoms with Crippen molar-refractivity contribution in [1.29, 1.82) is 0 Å². The number of esters is 1. The first-order chi connectivity index (χ1) is 24.7. The maximum Gasteiger partial charge on any atom is 0.338 e. The molecule has 0 radical (unpaired) electrons. The maximum atomic E-state index is 14.2. The molecule has 2 aliphatic heterocycles. The van der Waals surface area contributed by atoms with Crippen molar-refractivity contribution in [2.75, 3.05) is 30.5 Å². The van der Waals surface area contributed by atoms with Crippen molar-refractivity contribution in [1.82, 2.24) is 4.98 Å². The van der Waals surface area contributed by atoms with Gasteiger partial charge in [0, 0.05) is 21.7 Å². The average molecular weight is 726 g/mol. The highest BCUT2D eigenvalue weighted by Crippen LogP contribution is 2.68. The molecule has 0 spiro atoms. The number of imide groups is 1. The lowest BCUT2D eigenvalue weighted by Gasteiger charge is -2.43. The van der Waals surface area contributed by atoms with E-state index in [1.165, 1.54) is 23.3 Å². The number of methoxy groups -OCH3 is 1. The molecule has 3 heterocycles. The SMILES string of the molecule is CCOC(=O)c1ccc(N2C(=O)[C@H]3[C@H]4C[C@@H]([C@@H]3C2=O)[C@@H]2[C@H](c3ccc(OCC(=O)Nc5ccc(C)cc5)c(OC)c3)c3sc(=O)[nH]c3S[C@H]42)cc1. The number of aryl methyl sites for hydroxylation is 1. The number of hydrogen-bond donors (Lipinski definition) is 2. The fourth-order valence-electron chi connectivity index (χ4n) is 8.58. The van der Waals surface area contributed by atoms with Gasteiger partial charge in [0.15, 0.2) is 18.1 Å². The highest BCUT2D eigenvalue weighted by molar-refractivity contribution is 8.00. The maximum absolute atomic E-state index is 14.2. The van der Waals surface area contributed by atoms with E-state index in [-0.39, 0.29) is 64.7 Å². The van der Waals surface area contributed by atoms with Gasteiger partial charge in [-0.15, -0.1) is 11.8 Å². The van der Waals surface area contributed by atoms with Crippen molar-refractivity contribution in [3.8, 4) is 11.5 Å². The quantitative estimate of drug-likeness (QED) is 0.166. The fraction of sp³-hybridized carbons (Fsp3) is 0.342. The third-order valence-electron chi connectivity index (χ3n) is 10.6. The smallest absolute Gasteiger partial charge is 0.338 e. The van der Waals surface area contributed by atoms with Gasteiger partial charge in [-0.3, -0.25) is 24.1 Å². The molecule has 4 aliphatic rings. The molecular weight excluding hydrogens is 691 g/mol. The van der Waals surface area contributed by atoms with Gasteiger partial charge in [0.1, 0.15) is 0 Å². The van der Waals surface area contributed by atoms with Crippen LogP contribution in [0.3, 0.4) is 0 Å². The van der Waals surface area contributed by atoms with Gasteiger partial charge < -0.3 is 24.5 Å². The minimum absolute atomic E-state index is 0.00859. The summed E-state index contributed by atoms with van der Waals surface area (Å²) in [5.74, 6) is -1.66. The number of hydrogen-bond acceptors (Lipinski definition) is 10. The molecule has 11 nitrogen and oxygen atoms in total. The molecule has 4 aromatic rings. The second kappa shape index (κ2) is 13.0. The Balaban J connectivity index is 1.07. The van der Waals surface area contributed by atoms with E-state index in [0.717, 1.165) is 27.5 Å². The predicted molar refractivity (Wildman–Crippen MR) is 192 cm³/mol. The lowest BCUT2D eigenvalue weighted by Crippen LogP contribution is -2.42. The Morgan fingerprint density at radius 2 is 1.67 bits per heavy atom. The molecule has 262 valence electrons. The Hall–Kier alpha value is -4.88. The summed E-state index contributed by atoms with van der Waals surface area (Å²) in [5, 5.41) is 3.64. The number of nitrogens with zero attached hydrogens (tertiary/aromatic N) is 1. The standard InChI is InChI=1S/C38H35N3O8S2/c1-4-48-37(45)19-7-12-22(13-8-19)41-35(43)30-23-16-24(31(30)36(41)44)32-29(23)28(33-34(50-32)40-38(46)51-33)20-9-14-25(26(15-20)47-3)49-17-27(42)39-21-10-5-18(2)6-11-21/h5-15,23-24,28-32H,4,16-17H2,1-3H3,(H,39,42)(H,40,46)/t23-,24-,28+,29-,30+,31+,32-/m1/s1. The molecule has 2 aliphatic carbocycles. The number of thiazole rings is 1. The summed E-state index contributed by atoms with van der Waals surface area (Å²) >= 11 is 2.79. The van der Waals surface area contributed by atoms with E-state index < -0.39 is 17.8 Å². The first kappa shape index (κ1) is 33.3. The normalized spacial score (nSPS) is 25.6. The van der Waals surface area contributed by atoms with Crippen LogP contribution in [-0.4, -0.2) is 54.2 Å². The number of carbonyl (C=O) groups is 4. The van der Waals surface area contributed by atoms with Crippen molar-refractivity contribution in [3.05, 3.63) is 98.0 Å². The number of rotatable bonds is 9. The summed E-state index contributed by atoms with van der Waals surface area (Å²) in [6, 6.07) is 19.5. The topological polar surface area (TPSA) is 144 Å². The lowest BCUT2D eigenvalue weighted by molar-refractivity contribution is -0.123. The van der Waals surface area contributed by atoms with Crippen LogP contribution in [0.15, 0.2) is 76.6 Å². The molecule has 3 aromatic carbocycles. The van der Waals surface area contributed by atoms with Crippen LogP contribution in [0.5, 0.6) is 11.5 Å². The monoisotopic (exact) mass is 725 g/mol. The van der Waals surface area contributed by atoms with Crippen molar-refractivity contribution < 1.29 is 33.4 Å². The van der Waals surface area contributed by atoms with Crippen LogP contribution in [0.2, 0.25) is 0 Å². The number of carbonyl (C=O) groups excluding carboxylic acids is 4. The number of anilines is 2. The van der Waals surface area contributed by atoms with Gasteiger partial charge in [-0.2, -0.15) is 0 Å². The summed E-state index contributed by atoms with van der Waals surface area (Å²) < 4.78 is 16.7. The minimum Gasteiger partial charge on any atom is -0.493 e. The Morgan fingerprint density at radius 3 is 2.37 bits per heavy atom. The van der Waals surface area contributed by atoms with Crippen LogP contribution >= 0.6 is 23.1 Å². The summed E-state index contributed by atoms with van der Waals surface area (Å²) in [7, 11) is 1.54. The lowest BCUT2D eigenvalue weighted by atomic mass is 9.68. The van der Waals surface area contributed by atoms with Crippen molar-refractivity contribution >= 4 is 58.2 Å². The number of H-pyrrole nitrogens is 1. The van der Waals surface area contributed by atoms with Crippen LogP contribution < -0.4 is 24.6 Å². The number of aromatic amines is 1. The molecule has 1 saturated heterocycles. The molecule has 7 atom stereocenters. The molecular formula is C38H35N3O8S2. The summed E-state index contributed by atoms with van der Waals surface area (Å²) in [5.41, 5.74) is 3.46. The third-order valence-corrected chi connectivity index (χ3v) is 13.2. The Morgan fingerprint density at radius 1 is 0.941 bits per heavy atom. The fourth-order valence-corrected chi connectivity index (χ4v) is 11.5. The minimum atomic E-state index is -0.481. The zero-order valence-corrected chi connectivity index (χ0v) is 29.7. The van der Waals surface area contributed by atoms with Crippen LogP contribution in [-0.2, 0) is 19.1 Å². The molecule has 2 N–H and O–H groups in total. The molecule has 0 unspecified atom stereocenters. The Bertz CT molecular complexity index is 2110. The number of nitrogens with one attached hydrogen (secondary N) is 2. The summed E-state index contributed by atoms with van der Waals surface area (Å²) in [4.78, 5) is 70.9. The zero-order chi connectivity index (χ0) is 35.6. The van der Waals surface area contributed by atoms with Gasteiger partial charge in [0.2, 0.25) is 11.8 Å². The van der Waals surface area contributed by atoms with E-state index in [1.807, 2.05) is 43.3 Å². The van der Waals surface area contributed by atoms with Crippen molar-refractivity contribution in [2.45, 2.75) is 36.5 Å². The van der Waals surface area contributed by atoms with E-state index in [9.17, 15) is 24.0 Å². The van der Waals surface area contributed by atoms with Crippen LogP contribution in [0.4, 0.5) is 11.4 Å². The molecule has 51 heavy (non-hydrogen) atoms. The molecule has 2 bridgehead atoms. The molecule has 1 aromatic heterocycles. The predicted octanol–water partition coefficient (Wildman–Crippen LogP) is 5.63. The van der Waals surface area contributed by atoms with Gasteiger partial charge in [-0.25, -0.2) is 4.79 Å². The molecule has 3 fully saturated rings. The number of amides is 3. The van der Waals surface area contributed by atoms with E-state index in [4.69, 9.17) is 14.2 Å². The Labute approximate surface area is 301 Å². The highest BCUT2D eigenvalue weighted by Gasteiger charge is 2.69. The number of fused-ring (bicyclic) bond motifs is 9. The first-order valence-electron chi connectivity index (χ1n) is 16.9. The molecule has 13 heteroatoms. The second-order valence-electron chi connectivity index (χ2n) is 13.4. The van der Waals surface area contributed by atoms with Crippen molar-refractivity contribution in [3.63, 3.8) is 0 Å². The zero-order valence-electron chi connectivity index (χ0n) is 28.0. The number of ether oxygens (including phenoxy) is 3. The highest BCUT2D eigenvalue weighted by atomic mass is 32.2. The van der Waals surface area contributed by atoms with Crippen LogP contribution in [0.25, 0.3) is 0 Å². The van der Waals surface area contributed by atoms with Gasteiger partial charge in [0.05, 0.1) is 41.8 Å². The summed E-state index contributed by atoms with van der Waals surface area (Å²) in [6.07, 6.45) is 0.745. The average Bonchev–Trinajstić information content (AvgIpc) is 3.87. The van der Waals surface area contributed by atoms with Crippen LogP contribution in [0.1, 0.15) is 45.6 Å². The second-order valence-corrected chi connectivity index (χ2v) is 15.6. The van der Waals surface area contributed by atoms with E-state index in [0.29, 0.717) is 28.4 Å².